The highest BCUT2D eigenvalue weighted by atomic mass is 16.5. The molecule has 7 heteroatoms. The van der Waals surface area contributed by atoms with Crippen molar-refractivity contribution in [2.45, 2.75) is 19.4 Å². The van der Waals surface area contributed by atoms with Gasteiger partial charge < -0.3 is 24.7 Å². The third-order valence-corrected chi connectivity index (χ3v) is 5.64. The minimum atomic E-state index is -0.312. The fraction of sp³-hybridized carbons (Fsp3) is 0.250. The number of hydrogen-bond acceptors (Lipinski definition) is 5. The molecule has 0 bridgehead atoms. The first-order valence-corrected chi connectivity index (χ1v) is 10.5. The van der Waals surface area contributed by atoms with Gasteiger partial charge in [-0.3, -0.25) is 0 Å². The van der Waals surface area contributed by atoms with Crippen molar-refractivity contribution in [1.82, 2.24) is 10.3 Å². The van der Waals surface area contributed by atoms with Gasteiger partial charge in [0.15, 0.2) is 0 Å². The second-order valence-corrected chi connectivity index (χ2v) is 7.67. The van der Waals surface area contributed by atoms with Gasteiger partial charge in [-0.1, -0.05) is 18.2 Å². The second kappa shape index (κ2) is 8.18. The molecule has 7 nitrogen and oxygen atoms in total. The number of carbonyl (C=O) groups excluding carboxylic acids is 1. The quantitative estimate of drug-likeness (QED) is 0.483. The molecule has 158 valence electrons. The number of nitrogens with zero attached hydrogens (tertiary/aromatic N) is 2. The van der Waals surface area contributed by atoms with Gasteiger partial charge in [-0.25, -0.2) is 9.78 Å². The zero-order valence-electron chi connectivity index (χ0n) is 17.4. The van der Waals surface area contributed by atoms with Gasteiger partial charge in [-0.15, -0.1) is 0 Å². The largest absolute Gasteiger partial charge is 0.495 e. The van der Waals surface area contributed by atoms with Crippen LogP contribution >= 0.6 is 0 Å². The molecule has 0 unspecified atom stereocenters. The number of amides is 2. The van der Waals surface area contributed by atoms with Crippen LogP contribution in [0, 0.1) is 0 Å². The van der Waals surface area contributed by atoms with Gasteiger partial charge in [0.25, 0.3) is 0 Å². The molecule has 0 saturated carbocycles. The van der Waals surface area contributed by atoms with Crippen molar-refractivity contribution in [3.63, 3.8) is 0 Å². The molecule has 0 spiro atoms. The van der Waals surface area contributed by atoms with E-state index >= 15 is 0 Å². The normalized spacial score (nSPS) is 13.6. The Balaban J connectivity index is 1.31. The van der Waals surface area contributed by atoms with Crippen molar-refractivity contribution in [3.8, 4) is 5.75 Å². The van der Waals surface area contributed by atoms with Crippen molar-refractivity contribution >= 4 is 39.5 Å². The van der Waals surface area contributed by atoms with Crippen LogP contribution in [0.1, 0.15) is 18.4 Å². The van der Waals surface area contributed by atoms with Gasteiger partial charge in [0, 0.05) is 42.7 Å². The van der Waals surface area contributed by atoms with Gasteiger partial charge in [-0.05, 0) is 42.7 Å². The summed E-state index contributed by atoms with van der Waals surface area (Å²) in [5.41, 5.74) is 3.06. The van der Waals surface area contributed by atoms with E-state index < -0.39 is 0 Å². The van der Waals surface area contributed by atoms with Crippen molar-refractivity contribution in [2.75, 3.05) is 30.4 Å². The van der Waals surface area contributed by atoms with Gasteiger partial charge in [0.1, 0.15) is 22.7 Å². The topological polar surface area (TPSA) is 79.6 Å². The average Bonchev–Trinajstić information content (AvgIpc) is 3.45. The zero-order chi connectivity index (χ0) is 21.2. The standard InChI is InChI=1S/C24H24N4O3/c1-30-22-13-18-17-6-2-3-7-20(17)31-21(18)14-19(22)27-24(29)26-15-16-8-9-25-23(12-16)28-10-4-5-11-28/h2-3,6-9,12-14H,4-5,10-11,15H2,1H3,(H2,26,27,29). The third kappa shape index (κ3) is 3.86. The molecule has 1 saturated heterocycles. The lowest BCUT2D eigenvalue weighted by atomic mass is 10.1. The molecule has 2 aromatic heterocycles. The minimum absolute atomic E-state index is 0.312. The number of para-hydroxylation sites is 1. The average molecular weight is 416 g/mol. The number of hydrogen-bond donors (Lipinski definition) is 2. The third-order valence-electron chi connectivity index (χ3n) is 5.64. The van der Waals surface area contributed by atoms with Crippen LogP contribution in [0.5, 0.6) is 5.75 Å². The monoisotopic (exact) mass is 416 g/mol. The van der Waals surface area contributed by atoms with E-state index in [0.29, 0.717) is 23.6 Å². The van der Waals surface area contributed by atoms with E-state index in [2.05, 4.69) is 20.5 Å². The summed E-state index contributed by atoms with van der Waals surface area (Å²) in [6, 6.07) is 15.2. The molecule has 0 aliphatic carbocycles. The molecule has 0 atom stereocenters. The van der Waals surface area contributed by atoms with Crippen molar-refractivity contribution in [1.29, 1.82) is 0 Å². The van der Waals surface area contributed by atoms with Gasteiger partial charge in [0.2, 0.25) is 0 Å². The molecule has 1 aliphatic rings. The molecular weight excluding hydrogens is 392 g/mol. The Morgan fingerprint density at radius 2 is 1.94 bits per heavy atom. The summed E-state index contributed by atoms with van der Waals surface area (Å²) in [4.78, 5) is 19.3. The maximum absolute atomic E-state index is 12.6. The highest BCUT2D eigenvalue weighted by Gasteiger charge is 2.15. The van der Waals surface area contributed by atoms with Crippen molar-refractivity contribution in [2.24, 2.45) is 0 Å². The SMILES string of the molecule is COc1cc2c(cc1NC(=O)NCc1ccnc(N3CCCC3)c1)oc1ccccc12. The summed E-state index contributed by atoms with van der Waals surface area (Å²) in [6.45, 7) is 2.48. The van der Waals surface area contributed by atoms with E-state index in [1.54, 1.807) is 19.4 Å². The van der Waals surface area contributed by atoms with Crippen molar-refractivity contribution < 1.29 is 13.9 Å². The number of urea groups is 1. The molecule has 1 fully saturated rings. The number of ether oxygens (including phenoxy) is 1. The molecule has 2 amide bonds. The van der Waals surface area contributed by atoms with E-state index in [4.69, 9.17) is 9.15 Å². The first-order chi connectivity index (χ1) is 15.2. The number of aromatic nitrogens is 1. The predicted molar refractivity (Wildman–Crippen MR) is 122 cm³/mol. The fourth-order valence-electron chi connectivity index (χ4n) is 4.06. The lowest BCUT2D eigenvalue weighted by molar-refractivity contribution is 0.251. The van der Waals surface area contributed by atoms with Crippen LogP contribution in [-0.2, 0) is 6.54 Å². The molecule has 31 heavy (non-hydrogen) atoms. The number of benzene rings is 2. The van der Waals surface area contributed by atoms with Crippen LogP contribution in [-0.4, -0.2) is 31.2 Å². The lowest BCUT2D eigenvalue weighted by Crippen LogP contribution is -2.28. The fourth-order valence-corrected chi connectivity index (χ4v) is 4.06. The van der Waals surface area contributed by atoms with Crippen LogP contribution in [0.25, 0.3) is 21.9 Å². The minimum Gasteiger partial charge on any atom is -0.495 e. The van der Waals surface area contributed by atoms with Crippen LogP contribution < -0.4 is 20.3 Å². The molecule has 5 rings (SSSR count). The highest BCUT2D eigenvalue weighted by molar-refractivity contribution is 6.07. The Morgan fingerprint density at radius 3 is 2.77 bits per heavy atom. The van der Waals surface area contributed by atoms with E-state index in [0.717, 1.165) is 40.8 Å². The number of nitrogens with one attached hydrogen (secondary N) is 2. The summed E-state index contributed by atoms with van der Waals surface area (Å²) in [7, 11) is 1.59. The molecular formula is C24H24N4O3. The summed E-state index contributed by atoms with van der Waals surface area (Å²) in [5, 5.41) is 7.75. The maximum atomic E-state index is 12.6. The Bertz CT molecular complexity index is 1240. The van der Waals surface area contributed by atoms with Gasteiger partial charge in [0.05, 0.1) is 12.8 Å². The molecule has 4 aromatic rings. The van der Waals surface area contributed by atoms with Crippen LogP contribution in [0.3, 0.4) is 0 Å². The van der Waals surface area contributed by atoms with Gasteiger partial charge in [-0.2, -0.15) is 0 Å². The first-order valence-electron chi connectivity index (χ1n) is 10.5. The number of rotatable bonds is 5. The van der Waals surface area contributed by atoms with Crippen LogP contribution in [0.4, 0.5) is 16.3 Å². The maximum Gasteiger partial charge on any atom is 0.319 e. The number of anilines is 2. The molecule has 2 aromatic carbocycles. The van der Waals surface area contributed by atoms with E-state index in [1.165, 1.54) is 12.8 Å². The highest BCUT2D eigenvalue weighted by Crippen LogP contribution is 2.36. The van der Waals surface area contributed by atoms with Gasteiger partial charge >= 0.3 is 6.03 Å². The number of fused-ring (bicyclic) bond motifs is 3. The number of methoxy groups -OCH3 is 1. The van der Waals surface area contributed by atoms with E-state index in [-0.39, 0.29) is 6.03 Å². The molecule has 0 radical (unpaired) electrons. The zero-order valence-corrected chi connectivity index (χ0v) is 17.4. The summed E-state index contributed by atoms with van der Waals surface area (Å²) in [6.07, 6.45) is 4.19. The Labute approximate surface area is 180 Å². The number of furan rings is 1. The number of pyridine rings is 1. The Morgan fingerprint density at radius 1 is 1.10 bits per heavy atom. The van der Waals surface area contributed by atoms with E-state index in [9.17, 15) is 4.79 Å². The summed E-state index contributed by atoms with van der Waals surface area (Å²) < 4.78 is 11.4. The van der Waals surface area contributed by atoms with Crippen LogP contribution in [0.15, 0.2) is 59.1 Å². The van der Waals surface area contributed by atoms with E-state index in [1.807, 2.05) is 42.5 Å². The second-order valence-electron chi connectivity index (χ2n) is 7.67. The molecule has 3 heterocycles. The lowest BCUT2D eigenvalue weighted by Gasteiger charge is -2.17. The predicted octanol–water partition coefficient (Wildman–Crippen LogP) is 4.91. The van der Waals surface area contributed by atoms with Crippen molar-refractivity contribution in [3.05, 3.63) is 60.3 Å². The summed E-state index contributed by atoms with van der Waals surface area (Å²) in [5.74, 6) is 1.55. The smallest absolute Gasteiger partial charge is 0.319 e. The first kappa shape index (κ1) is 19.2. The Hall–Kier alpha value is -3.74. The van der Waals surface area contributed by atoms with Crippen LogP contribution in [0.2, 0.25) is 0 Å². The number of carbonyl (C=O) groups is 1. The summed E-state index contributed by atoms with van der Waals surface area (Å²) >= 11 is 0. The Kier molecular flexibility index (Phi) is 5.08. The molecule has 1 aliphatic heterocycles. The molecule has 2 N–H and O–H groups in total.